The van der Waals surface area contributed by atoms with E-state index in [4.69, 9.17) is 9.47 Å². The lowest BCUT2D eigenvalue weighted by Gasteiger charge is -2.22. The maximum atomic E-state index is 5.52. The summed E-state index contributed by atoms with van der Waals surface area (Å²) in [6.45, 7) is 1.93. The predicted molar refractivity (Wildman–Crippen MR) is 110 cm³/mol. The van der Waals surface area contributed by atoms with Crippen LogP contribution in [-0.2, 0) is 16.0 Å². The van der Waals surface area contributed by atoms with Gasteiger partial charge in [-0.1, -0.05) is 30.3 Å². The summed E-state index contributed by atoms with van der Waals surface area (Å²) in [5.41, 5.74) is 1.25. The van der Waals surface area contributed by atoms with Crippen LogP contribution < -0.4 is 10.2 Å². The Labute approximate surface area is 173 Å². The highest BCUT2D eigenvalue weighted by Gasteiger charge is 2.17. The van der Waals surface area contributed by atoms with E-state index >= 15 is 0 Å². The summed E-state index contributed by atoms with van der Waals surface area (Å²) in [5, 5.41) is 8.55. The number of anilines is 1. The third-order valence-corrected chi connectivity index (χ3v) is 5.40. The van der Waals surface area contributed by atoms with Crippen LogP contribution in [0.3, 0.4) is 0 Å². The summed E-state index contributed by atoms with van der Waals surface area (Å²) >= 11 is 1.35. The maximum Gasteiger partial charge on any atom is 0.265 e. The summed E-state index contributed by atoms with van der Waals surface area (Å²) in [6.07, 6.45) is 6.46. The first kappa shape index (κ1) is 19.3. The van der Waals surface area contributed by atoms with Gasteiger partial charge in [-0.3, -0.25) is 0 Å². The molecule has 0 spiro atoms. The van der Waals surface area contributed by atoms with Crippen molar-refractivity contribution in [1.29, 1.82) is 0 Å². The van der Waals surface area contributed by atoms with Gasteiger partial charge in [-0.2, -0.15) is 14.8 Å². The molecule has 0 saturated carbocycles. The minimum Gasteiger partial charge on any atom is -0.462 e. The first-order valence-electron chi connectivity index (χ1n) is 9.38. The molecule has 1 aliphatic rings. The van der Waals surface area contributed by atoms with Crippen molar-refractivity contribution in [2.24, 2.45) is 0 Å². The second-order valence-corrected chi connectivity index (χ2v) is 7.44. The SMILES string of the molecule is CN(CCC(CC1=COCO1)NCc1ccccc1)c1nc(-n2cncn2)ns1. The normalized spacial score (nSPS) is 14.2. The molecule has 0 aliphatic carbocycles. The molecular weight excluding hydrogens is 390 g/mol. The van der Waals surface area contributed by atoms with E-state index in [0.29, 0.717) is 12.7 Å². The highest BCUT2D eigenvalue weighted by molar-refractivity contribution is 7.09. The van der Waals surface area contributed by atoms with E-state index < -0.39 is 0 Å². The Kier molecular flexibility index (Phi) is 6.32. The fraction of sp³-hybridized carbons (Fsp3) is 0.368. The molecule has 3 heterocycles. The monoisotopic (exact) mass is 413 g/mol. The third kappa shape index (κ3) is 5.30. The van der Waals surface area contributed by atoms with Crippen molar-refractivity contribution >= 4 is 16.7 Å². The van der Waals surface area contributed by atoms with E-state index in [2.05, 4.69) is 53.9 Å². The van der Waals surface area contributed by atoms with Gasteiger partial charge in [0.2, 0.25) is 11.9 Å². The fourth-order valence-electron chi connectivity index (χ4n) is 2.97. The molecule has 1 aliphatic heterocycles. The fourth-order valence-corrected chi connectivity index (χ4v) is 3.61. The number of hydrogen-bond donors (Lipinski definition) is 1. The lowest BCUT2D eigenvalue weighted by molar-refractivity contribution is 0.0762. The molecule has 0 amide bonds. The largest absolute Gasteiger partial charge is 0.462 e. The molecule has 152 valence electrons. The summed E-state index contributed by atoms with van der Waals surface area (Å²) in [4.78, 5) is 10.6. The molecule has 1 aromatic carbocycles. The number of rotatable bonds is 10. The average Bonchev–Trinajstić information content (AvgIpc) is 3.52. The molecule has 0 bridgehead atoms. The molecule has 2 aromatic heterocycles. The van der Waals surface area contributed by atoms with Gasteiger partial charge in [-0.05, 0) is 12.0 Å². The van der Waals surface area contributed by atoms with Crippen LogP contribution in [0.5, 0.6) is 0 Å². The molecular formula is C19H23N7O2S. The Morgan fingerprint density at radius 3 is 2.97 bits per heavy atom. The van der Waals surface area contributed by atoms with Gasteiger partial charge >= 0.3 is 0 Å². The van der Waals surface area contributed by atoms with Gasteiger partial charge in [0.1, 0.15) is 24.7 Å². The van der Waals surface area contributed by atoms with Crippen molar-refractivity contribution in [2.45, 2.75) is 25.4 Å². The van der Waals surface area contributed by atoms with Crippen LogP contribution in [-0.4, -0.2) is 50.5 Å². The summed E-state index contributed by atoms with van der Waals surface area (Å²) < 4.78 is 16.6. The van der Waals surface area contributed by atoms with Crippen LogP contribution in [0.1, 0.15) is 18.4 Å². The Hall–Kier alpha value is -2.98. The molecule has 0 saturated heterocycles. The lowest BCUT2D eigenvalue weighted by atomic mass is 10.1. The zero-order valence-electron chi connectivity index (χ0n) is 16.1. The van der Waals surface area contributed by atoms with E-state index in [-0.39, 0.29) is 6.04 Å². The van der Waals surface area contributed by atoms with Gasteiger partial charge in [0.15, 0.2) is 0 Å². The molecule has 4 rings (SSSR count). The smallest absolute Gasteiger partial charge is 0.265 e. The maximum absolute atomic E-state index is 5.52. The Morgan fingerprint density at radius 1 is 1.31 bits per heavy atom. The zero-order valence-corrected chi connectivity index (χ0v) is 17.0. The van der Waals surface area contributed by atoms with Gasteiger partial charge < -0.3 is 19.7 Å². The molecule has 1 N–H and O–H groups in total. The van der Waals surface area contributed by atoms with Crippen LogP contribution in [0, 0.1) is 0 Å². The molecule has 10 heteroatoms. The Bertz CT molecular complexity index is 914. The standard InChI is InChI=1S/C19H23N7O2S/c1-25(19-23-18(24-29-19)26-13-20-12-22-26)8-7-16(9-17-11-27-14-28-17)21-10-15-5-3-2-4-6-15/h2-6,11-13,16,21H,7-10,14H2,1H3. The van der Waals surface area contributed by atoms with E-state index in [9.17, 15) is 0 Å². The topological polar surface area (TPSA) is 90.2 Å². The number of benzene rings is 1. The summed E-state index contributed by atoms with van der Waals surface area (Å²) in [5.74, 6) is 1.41. The second kappa shape index (κ2) is 9.48. The van der Waals surface area contributed by atoms with Crippen molar-refractivity contribution in [1.82, 2.24) is 29.4 Å². The lowest BCUT2D eigenvalue weighted by Crippen LogP contribution is -2.33. The highest BCUT2D eigenvalue weighted by Crippen LogP contribution is 2.20. The molecule has 0 fully saturated rings. The average molecular weight is 414 g/mol. The van der Waals surface area contributed by atoms with Crippen LogP contribution in [0.4, 0.5) is 5.13 Å². The van der Waals surface area contributed by atoms with Crippen molar-refractivity contribution < 1.29 is 9.47 Å². The van der Waals surface area contributed by atoms with E-state index in [1.54, 1.807) is 17.3 Å². The molecule has 9 nitrogen and oxygen atoms in total. The van der Waals surface area contributed by atoms with Crippen molar-refractivity contribution in [3.05, 3.63) is 60.6 Å². The summed E-state index contributed by atoms with van der Waals surface area (Å²) in [6, 6.07) is 10.6. The van der Waals surface area contributed by atoms with E-state index in [1.165, 1.54) is 23.4 Å². The van der Waals surface area contributed by atoms with Crippen LogP contribution in [0.15, 0.2) is 55.0 Å². The minimum atomic E-state index is 0.244. The first-order valence-corrected chi connectivity index (χ1v) is 10.2. The van der Waals surface area contributed by atoms with E-state index in [0.717, 1.165) is 36.8 Å². The number of aromatic nitrogens is 5. The molecule has 0 radical (unpaired) electrons. The summed E-state index contributed by atoms with van der Waals surface area (Å²) in [7, 11) is 2.02. The molecule has 1 atom stereocenters. The van der Waals surface area contributed by atoms with Gasteiger partial charge in [0.05, 0.1) is 0 Å². The second-order valence-electron chi connectivity index (χ2n) is 6.71. The predicted octanol–water partition coefficient (Wildman–Crippen LogP) is 2.34. The third-order valence-electron chi connectivity index (χ3n) is 4.58. The Balaban J connectivity index is 1.34. The number of hydrogen-bond acceptors (Lipinski definition) is 9. The first-order chi connectivity index (χ1) is 14.3. The van der Waals surface area contributed by atoms with Crippen molar-refractivity contribution in [3.8, 4) is 5.95 Å². The van der Waals surface area contributed by atoms with Crippen molar-refractivity contribution in [3.63, 3.8) is 0 Å². The highest BCUT2D eigenvalue weighted by atomic mass is 32.1. The number of nitrogens with zero attached hydrogens (tertiary/aromatic N) is 6. The molecule has 1 unspecified atom stereocenters. The van der Waals surface area contributed by atoms with Gasteiger partial charge in [0.25, 0.3) is 5.95 Å². The van der Waals surface area contributed by atoms with Gasteiger partial charge in [-0.15, -0.1) is 4.37 Å². The van der Waals surface area contributed by atoms with Gasteiger partial charge in [0, 0.05) is 44.1 Å². The van der Waals surface area contributed by atoms with E-state index in [1.807, 2.05) is 13.1 Å². The van der Waals surface area contributed by atoms with Gasteiger partial charge in [-0.25, -0.2) is 4.98 Å². The van der Waals surface area contributed by atoms with Crippen molar-refractivity contribution in [2.75, 3.05) is 25.3 Å². The minimum absolute atomic E-state index is 0.244. The quantitative estimate of drug-likeness (QED) is 0.542. The Morgan fingerprint density at radius 2 is 2.21 bits per heavy atom. The number of nitrogens with one attached hydrogen (secondary N) is 1. The zero-order chi connectivity index (χ0) is 19.9. The molecule has 3 aromatic rings. The van der Waals surface area contributed by atoms with Crippen LogP contribution in [0.2, 0.25) is 0 Å². The van der Waals surface area contributed by atoms with Crippen LogP contribution in [0.25, 0.3) is 5.95 Å². The molecule has 29 heavy (non-hydrogen) atoms. The number of ether oxygens (including phenoxy) is 2. The van der Waals surface area contributed by atoms with Crippen LogP contribution >= 0.6 is 11.5 Å².